The summed E-state index contributed by atoms with van der Waals surface area (Å²) in [6.45, 7) is 1.95. The molecule has 1 atom stereocenters. The number of methoxy groups -OCH3 is 1. The monoisotopic (exact) mass is 305 g/mol. The number of benzene rings is 2. The van der Waals surface area contributed by atoms with Crippen molar-refractivity contribution >= 4 is 10.0 Å². The van der Waals surface area contributed by atoms with Crippen LogP contribution in [0.15, 0.2) is 59.5 Å². The molecule has 0 amide bonds. The van der Waals surface area contributed by atoms with E-state index in [2.05, 4.69) is 4.72 Å². The van der Waals surface area contributed by atoms with Crippen LogP contribution in [0.4, 0.5) is 0 Å². The maximum atomic E-state index is 12.4. The van der Waals surface area contributed by atoms with Gasteiger partial charge < -0.3 is 4.74 Å². The van der Waals surface area contributed by atoms with E-state index in [0.29, 0.717) is 6.42 Å². The van der Waals surface area contributed by atoms with Crippen molar-refractivity contribution in [1.82, 2.24) is 4.72 Å². The standard InChI is InChI=1S/C16H19NO3S/c1-3-16(13-9-11-14(20-2)12-10-13)17-21(18,19)15-7-5-4-6-8-15/h4-12,16-17H,3H2,1-2H3/t16-/m1/s1. The van der Waals surface area contributed by atoms with Crippen LogP contribution in [0.3, 0.4) is 0 Å². The lowest BCUT2D eigenvalue weighted by atomic mass is 10.1. The van der Waals surface area contributed by atoms with Crippen molar-refractivity contribution in [1.29, 1.82) is 0 Å². The lowest BCUT2D eigenvalue weighted by Crippen LogP contribution is -2.28. The van der Waals surface area contributed by atoms with Crippen LogP contribution in [-0.2, 0) is 10.0 Å². The summed E-state index contributed by atoms with van der Waals surface area (Å²) in [5.41, 5.74) is 0.915. The first kappa shape index (κ1) is 15.5. The van der Waals surface area contributed by atoms with Crippen molar-refractivity contribution in [3.05, 3.63) is 60.2 Å². The molecule has 0 bridgehead atoms. The molecule has 112 valence electrons. The number of hydrogen-bond acceptors (Lipinski definition) is 3. The van der Waals surface area contributed by atoms with Crippen LogP contribution in [0, 0.1) is 0 Å². The second kappa shape index (κ2) is 6.74. The largest absolute Gasteiger partial charge is 0.497 e. The first-order chi connectivity index (χ1) is 10.1. The molecule has 5 heteroatoms. The van der Waals surface area contributed by atoms with Gasteiger partial charge in [0.05, 0.1) is 12.0 Å². The third-order valence-corrected chi connectivity index (χ3v) is 4.76. The molecule has 0 aromatic heterocycles. The van der Waals surface area contributed by atoms with Crippen LogP contribution in [0.2, 0.25) is 0 Å². The molecule has 2 aromatic rings. The smallest absolute Gasteiger partial charge is 0.241 e. The molecular weight excluding hydrogens is 286 g/mol. The number of rotatable bonds is 6. The minimum atomic E-state index is -3.52. The van der Waals surface area contributed by atoms with Crippen LogP contribution < -0.4 is 9.46 Å². The van der Waals surface area contributed by atoms with Crippen molar-refractivity contribution in [2.75, 3.05) is 7.11 Å². The fourth-order valence-electron chi connectivity index (χ4n) is 2.08. The SMILES string of the molecule is CC[C@@H](NS(=O)(=O)c1ccccc1)c1ccc(OC)cc1. The average molecular weight is 305 g/mol. The van der Waals surface area contributed by atoms with Crippen molar-refractivity contribution in [2.45, 2.75) is 24.3 Å². The lowest BCUT2D eigenvalue weighted by molar-refractivity contribution is 0.414. The molecule has 0 saturated heterocycles. The molecule has 4 nitrogen and oxygen atoms in total. The van der Waals surface area contributed by atoms with E-state index >= 15 is 0 Å². The van der Waals surface area contributed by atoms with Crippen molar-refractivity contribution in [2.24, 2.45) is 0 Å². The molecule has 0 spiro atoms. The Morgan fingerprint density at radius 1 is 1.05 bits per heavy atom. The van der Waals surface area contributed by atoms with Crippen LogP contribution in [-0.4, -0.2) is 15.5 Å². The Morgan fingerprint density at radius 2 is 1.67 bits per heavy atom. The number of hydrogen-bond donors (Lipinski definition) is 1. The van der Waals surface area contributed by atoms with E-state index in [0.717, 1.165) is 11.3 Å². The van der Waals surface area contributed by atoms with Gasteiger partial charge in [-0.05, 0) is 36.2 Å². The van der Waals surface area contributed by atoms with Gasteiger partial charge in [-0.2, -0.15) is 0 Å². The predicted molar refractivity (Wildman–Crippen MR) is 82.8 cm³/mol. The van der Waals surface area contributed by atoms with Crippen molar-refractivity contribution in [3.8, 4) is 5.75 Å². The summed E-state index contributed by atoms with van der Waals surface area (Å²) in [7, 11) is -1.92. The summed E-state index contributed by atoms with van der Waals surface area (Å²) in [4.78, 5) is 0.275. The first-order valence-electron chi connectivity index (χ1n) is 6.78. The molecule has 0 fully saturated rings. The molecule has 0 radical (unpaired) electrons. The fourth-order valence-corrected chi connectivity index (χ4v) is 3.41. The van der Waals surface area contributed by atoms with E-state index in [-0.39, 0.29) is 10.9 Å². The highest BCUT2D eigenvalue weighted by Crippen LogP contribution is 2.22. The van der Waals surface area contributed by atoms with E-state index in [4.69, 9.17) is 4.74 Å². The highest BCUT2D eigenvalue weighted by Gasteiger charge is 2.19. The van der Waals surface area contributed by atoms with Crippen LogP contribution in [0.25, 0.3) is 0 Å². The summed E-state index contributed by atoms with van der Waals surface area (Å²) in [5.74, 6) is 0.750. The zero-order valence-corrected chi connectivity index (χ0v) is 12.9. The summed E-state index contributed by atoms with van der Waals surface area (Å²) in [6.07, 6.45) is 0.665. The van der Waals surface area contributed by atoms with Crippen LogP contribution >= 0.6 is 0 Å². The Labute approximate surface area is 125 Å². The molecule has 21 heavy (non-hydrogen) atoms. The molecule has 2 aromatic carbocycles. The summed E-state index contributed by atoms with van der Waals surface area (Å²) >= 11 is 0. The molecular formula is C16H19NO3S. The van der Waals surface area contributed by atoms with E-state index in [1.54, 1.807) is 37.4 Å². The maximum Gasteiger partial charge on any atom is 0.241 e. The molecule has 0 aliphatic carbocycles. The minimum absolute atomic E-state index is 0.263. The van der Waals surface area contributed by atoms with Gasteiger partial charge in [0.25, 0.3) is 0 Å². The van der Waals surface area contributed by atoms with Gasteiger partial charge in [0, 0.05) is 6.04 Å². The molecule has 0 saturated carbocycles. The quantitative estimate of drug-likeness (QED) is 0.892. The molecule has 0 heterocycles. The second-order valence-electron chi connectivity index (χ2n) is 4.67. The molecule has 0 aliphatic heterocycles. The van der Waals surface area contributed by atoms with E-state index in [1.807, 2.05) is 31.2 Å². The van der Waals surface area contributed by atoms with Gasteiger partial charge in [0.15, 0.2) is 0 Å². The van der Waals surface area contributed by atoms with E-state index in [1.165, 1.54) is 0 Å². The Morgan fingerprint density at radius 3 is 2.19 bits per heavy atom. The Bertz CT molecular complexity index is 666. The Kier molecular flexibility index (Phi) is 4.98. The van der Waals surface area contributed by atoms with E-state index in [9.17, 15) is 8.42 Å². The van der Waals surface area contributed by atoms with E-state index < -0.39 is 10.0 Å². The van der Waals surface area contributed by atoms with Gasteiger partial charge >= 0.3 is 0 Å². The van der Waals surface area contributed by atoms with Gasteiger partial charge in [-0.1, -0.05) is 37.3 Å². The number of ether oxygens (including phenoxy) is 1. The zero-order valence-electron chi connectivity index (χ0n) is 12.1. The van der Waals surface area contributed by atoms with Crippen molar-refractivity contribution in [3.63, 3.8) is 0 Å². The first-order valence-corrected chi connectivity index (χ1v) is 8.26. The van der Waals surface area contributed by atoms with Gasteiger partial charge in [-0.15, -0.1) is 0 Å². The molecule has 0 unspecified atom stereocenters. The van der Waals surface area contributed by atoms with Gasteiger partial charge in [-0.25, -0.2) is 13.1 Å². The molecule has 2 rings (SSSR count). The van der Waals surface area contributed by atoms with Gasteiger partial charge in [-0.3, -0.25) is 0 Å². The second-order valence-corrected chi connectivity index (χ2v) is 6.38. The normalized spacial score (nSPS) is 12.9. The molecule has 1 N–H and O–H groups in total. The van der Waals surface area contributed by atoms with Gasteiger partial charge in [0.1, 0.15) is 5.75 Å². The number of nitrogens with one attached hydrogen (secondary N) is 1. The minimum Gasteiger partial charge on any atom is -0.497 e. The summed E-state index contributed by atoms with van der Waals surface area (Å²) in [5, 5.41) is 0. The molecule has 0 aliphatic rings. The zero-order chi connectivity index (χ0) is 15.3. The summed E-state index contributed by atoms with van der Waals surface area (Å²) < 4.78 is 32.6. The lowest BCUT2D eigenvalue weighted by Gasteiger charge is -2.18. The third-order valence-electron chi connectivity index (χ3n) is 3.28. The fraction of sp³-hybridized carbons (Fsp3) is 0.250. The maximum absolute atomic E-state index is 12.4. The number of sulfonamides is 1. The summed E-state index contributed by atoms with van der Waals surface area (Å²) in [6, 6.07) is 15.5. The van der Waals surface area contributed by atoms with Crippen LogP contribution in [0.1, 0.15) is 24.9 Å². The average Bonchev–Trinajstić information content (AvgIpc) is 2.53. The van der Waals surface area contributed by atoms with Crippen LogP contribution in [0.5, 0.6) is 5.75 Å². The predicted octanol–water partition coefficient (Wildman–Crippen LogP) is 3.12. The Hall–Kier alpha value is -1.85. The van der Waals surface area contributed by atoms with Crippen molar-refractivity contribution < 1.29 is 13.2 Å². The highest BCUT2D eigenvalue weighted by atomic mass is 32.2. The van der Waals surface area contributed by atoms with Gasteiger partial charge in [0.2, 0.25) is 10.0 Å². The Balaban J connectivity index is 2.22. The third kappa shape index (κ3) is 3.83. The highest BCUT2D eigenvalue weighted by molar-refractivity contribution is 7.89. The topological polar surface area (TPSA) is 55.4 Å².